The van der Waals surface area contributed by atoms with Crippen LogP contribution >= 0.6 is 11.6 Å². The second-order valence-electron chi connectivity index (χ2n) is 7.32. The summed E-state index contributed by atoms with van der Waals surface area (Å²) in [5, 5.41) is 4.99. The van der Waals surface area contributed by atoms with Gasteiger partial charge in [0.15, 0.2) is 0 Å². The maximum Gasteiger partial charge on any atom is 0.253 e. The lowest BCUT2D eigenvalue weighted by Crippen LogP contribution is -2.32. The molecule has 0 radical (unpaired) electrons. The van der Waals surface area contributed by atoms with Crippen molar-refractivity contribution in [3.05, 3.63) is 59.7 Å². The third-order valence-corrected chi connectivity index (χ3v) is 5.15. The van der Waals surface area contributed by atoms with Crippen LogP contribution in [0.2, 0.25) is 0 Å². The second-order valence-corrected chi connectivity index (χ2v) is 7.75. The molecular weight excluding hydrogens is 374 g/mol. The van der Waals surface area contributed by atoms with E-state index in [1.165, 1.54) is 0 Å². The van der Waals surface area contributed by atoms with Gasteiger partial charge in [0.25, 0.3) is 5.91 Å². The van der Waals surface area contributed by atoms with Crippen molar-refractivity contribution in [2.24, 2.45) is 0 Å². The van der Waals surface area contributed by atoms with Crippen molar-refractivity contribution in [1.82, 2.24) is 5.32 Å². The molecule has 0 aromatic heterocycles. The Bertz CT molecular complexity index is 833. The first-order valence-corrected chi connectivity index (χ1v) is 10.1. The molecule has 0 spiro atoms. The average molecular weight is 400 g/mol. The number of hydrogen-bond acceptors (Lipinski definition) is 3. The zero-order valence-electron chi connectivity index (χ0n) is 16.2. The fraction of sp³-hybridized carbons (Fsp3) is 0.364. The van der Waals surface area contributed by atoms with Gasteiger partial charge in [0.2, 0.25) is 5.91 Å². The highest BCUT2D eigenvalue weighted by molar-refractivity contribution is 6.32. The van der Waals surface area contributed by atoms with Gasteiger partial charge in [-0.05, 0) is 50.5 Å². The van der Waals surface area contributed by atoms with E-state index in [0.717, 1.165) is 37.2 Å². The van der Waals surface area contributed by atoms with Crippen LogP contribution in [0.1, 0.15) is 48.0 Å². The van der Waals surface area contributed by atoms with Crippen LogP contribution in [0.5, 0.6) is 0 Å². The molecule has 2 aromatic carbocycles. The summed E-state index contributed by atoms with van der Waals surface area (Å²) < 4.78 is 0. The van der Waals surface area contributed by atoms with Gasteiger partial charge in [0.1, 0.15) is 5.38 Å². The molecule has 1 heterocycles. The van der Waals surface area contributed by atoms with Crippen molar-refractivity contribution in [3.8, 4) is 0 Å². The molecule has 0 unspecified atom stereocenters. The summed E-state index contributed by atoms with van der Waals surface area (Å²) in [6.07, 6.45) is 2.24. The fourth-order valence-electron chi connectivity index (χ4n) is 3.35. The number of rotatable bonds is 6. The maximum absolute atomic E-state index is 12.7. The van der Waals surface area contributed by atoms with Crippen LogP contribution in [0.4, 0.5) is 11.4 Å². The molecule has 5 nitrogen and oxygen atoms in total. The Balaban J connectivity index is 1.83. The van der Waals surface area contributed by atoms with E-state index in [-0.39, 0.29) is 17.9 Å². The quantitative estimate of drug-likeness (QED) is 0.710. The first-order valence-electron chi connectivity index (χ1n) is 9.65. The molecule has 28 heavy (non-hydrogen) atoms. The van der Waals surface area contributed by atoms with Gasteiger partial charge < -0.3 is 15.5 Å². The minimum atomic E-state index is -0.799. The molecule has 3 rings (SSSR count). The molecule has 6 heteroatoms. The number of amides is 2. The number of nitrogens with one attached hydrogen (secondary N) is 2. The predicted octanol–water partition coefficient (Wildman–Crippen LogP) is 4.34. The number of anilines is 2. The highest BCUT2D eigenvalue weighted by atomic mass is 35.5. The summed E-state index contributed by atoms with van der Waals surface area (Å²) in [6, 6.07) is 14.7. The van der Waals surface area contributed by atoms with E-state index in [2.05, 4.69) is 15.5 Å². The number of benzene rings is 2. The third kappa shape index (κ3) is 4.84. The molecule has 1 saturated heterocycles. The smallest absolute Gasteiger partial charge is 0.253 e. The van der Waals surface area contributed by atoms with Crippen molar-refractivity contribution in [3.63, 3.8) is 0 Å². The molecular formula is C22H26ClN3O2. The normalized spacial score (nSPS) is 14.8. The lowest BCUT2D eigenvalue weighted by molar-refractivity contribution is -0.116. The van der Waals surface area contributed by atoms with E-state index in [9.17, 15) is 9.59 Å². The lowest BCUT2D eigenvalue weighted by atomic mass is 10.1. The van der Waals surface area contributed by atoms with Gasteiger partial charge in [-0.25, -0.2) is 0 Å². The van der Waals surface area contributed by atoms with E-state index in [1.54, 1.807) is 6.07 Å². The SMILES string of the molecule is CC(C)NC(=O)c1cc(NC(=O)[C@@H](Cl)c2ccccc2)ccc1N1CCCC1. The highest BCUT2D eigenvalue weighted by Crippen LogP contribution is 2.29. The second kappa shape index (κ2) is 9.11. The largest absolute Gasteiger partial charge is 0.371 e. The molecule has 0 aliphatic carbocycles. The Morgan fingerprint density at radius 1 is 1.04 bits per heavy atom. The van der Waals surface area contributed by atoms with Crippen LogP contribution in [-0.4, -0.2) is 30.9 Å². The maximum atomic E-state index is 12.7. The van der Waals surface area contributed by atoms with Crippen molar-refractivity contribution in [1.29, 1.82) is 0 Å². The molecule has 1 atom stereocenters. The minimum absolute atomic E-state index is 0.0301. The Morgan fingerprint density at radius 3 is 2.36 bits per heavy atom. The zero-order valence-corrected chi connectivity index (χ0v) is 17.0. The van der Waals surface area contributed by atoms with E-state index in [0.29, 0.717) is 11.3 Å². The Kier molecular flexibility index (Phi) is 6.57. The van der Waals surface area contributed by atoms with E-state index >= 15 is 0 Å². The molecule has 1 aliphatic rings. The van der Waals surface area contributed by atoms with Crippen molar-refractivity contribution in [2.75, 3.05) is 23.3 Å². The molecule has 148 valence electrons. The van der Waals surface area contributed by atoms with Crippen LogP contribution in [-0.2, 0) is 4.79 Å². The van der Waals surface area contributed by atoms with Crippen molar-refractivity contribution < 1.29 is 9.59 Å². The summed E-state index contributed by atoms with van der Waals surface area (Å²) in [5.41, 5.74) is 2.76. The van der Waals surface area contributed by atoms with Gasteiger partial charge in [0.05, 0.1) is 5.56 Å². The van der Waals surface area contributed by atoms with Gasteiger partial charge in [-0.3, -0.25) is 9.59 Å². The molecule has 1 aliphatic heterocycles. The lowest BCUT2D eigenvalue weighted by Gasteiger charge is -2.22. The van der Waals surface area contributed by atoms with Gasteiger partial charge in [-0.2, -0.15) is 0 Å². The number of alkyl halides is 1. The number of hydrogen-bond donors (Lipinski definition) is 2. The molecule has 2 N–H and O–H groups in total. The number of halogens is 1. The molecule has 2 aromatic rings. The molecule has 1 fully saturated rings. The van der Waals surface area contributed by atoms with Gasteiger partial charge in [-0.1, -0.05) is 30.3 Å². The van der Waals surface area contributed by atoms with E-state index < -0.39 is 5.38 Å². The van der Waals surface area contributed by atoms with Gasteiger partial charge in [0, 0.05) is 30.5 Å². The Morgan fingerprint density at radius 2 is 1.71 bits per heavy atom. The molecule has 2 amide bonds. The third-order valence-electron chi connectivity index (χ3n) is 4.70. The predicted molar refractivity (Wildman–Crippen MR) is 114 cm³/mol. The van der Waals surface area contributed by atoms with E-state index in [1.807, 2.05) is 56.3 Å². The number of carbonyl (C=O) groups excluding carboxylic acids is 2. The summed E-state index contributed by atoms with van der Waals surface area (Å²) in [7, 11) is 0. The van der Waals surface area contributed by atoms with Gasteiger partial charge in [-0.15, -0.1) is 11.6 Å². The first-order chi connectivity index (χ1) is 13.5. The number of carbonyl (C=O) groups is 2. The summed E-state index contributed by atoms with van der Waals surface area (Å²) >= 11 is 6.31. The van der Waals surface area contributed by atoms with Crippen LogP contribution in [0.3, 0.4) is 0 Å². The Hall–Kier alpha value is -2.53. The average Bonchev–Trinajstić information content (AvgIpc) is 3.22. The van der Waals surface area contributed by atoms with Crippen molar-refractivity contribution in [2.45, 2.75) is 38.1 Å². The summed E-state index contributed by atoms with van der Waals surface area (Å²) in [6.45, 7) is 5.73. The molecule has 0 saturated carbocycles. The fourth-order valence-corrected chi connectivity index (χ4v) is 3.55. The topological polar surface area (TPSA) is 61.4 Å². The molecule has 0 bridgehead atoms. The van der Waals surface area contributed by atoms with Crippen molar-refractivity contribution >= 4 is 34.8 Å². The first kappa shape index (κ1) is 20.2. The Labute approximate surface area is 171 Å². The zero-order chi connectivity index (χ0) is 20.1. The minimum Gasteiger partial charge on any atom is -0.371 e. The summed E-state index contributed by atoms with van der Waals surface area (Å²) in [4.78, 5) is 27.5. The standard InChI is InChI=1S/C22H26ClN3O2/c1-15(2)24-21(27)18-14-17(10-11-19(18)26-12-6-7-13-26)25-22(28)20(23)16-8-4-3-5-9-16/h3-5,8-11,14-15,20H,6-7,12-13H2,1-2H3,(H,24,27)(H,25,28)/t20-/m0/s1. The van der Waals surface area contributed by atoms with Crippen LogP contribution in [0.15, 0.2) is 48.5 Å². The van der Waals surface area contributed by atoms with E-state index in [4.69, 9.17) is 11.6 Å². The van der Waals surface area contributed by atoms with Crippen LogP contribution in [0.25, 0.3) is 0 Å². The summed E-state index contributed by atoms with van der Waals surface area (Å²) in [5.74, 6) is -0.463. The monoisotopic (exact) mass is 399 g/mol. The number of nitrogens with zero attached hydrogens (tertiary/aromatic N) is 1. The highest BCUT2D eigenvalue weighted by Gasteiger charge is 2.22. The van der Waals surface area contributed by atoms with Gasteiger partial charge >= 0.3 is 0 Å². The van der Waals surface area contributed by atoms with Crippen LogP contribution in [0, 0.1) is 0 Å². The van der Waals surface area contributed by atoms with Crippen LogP contribution < -0.4 is 15.5 Å².